The highest BCUT2D eigenvalue weighted by Gasteiger charge is 2.36. The molecule has 0 aliphatic carbocycles. The summed E-state index contributed by atoms with van der Waals surface area (Å²) in [4.78, 5) is 18.0. The summed E-state index contributed by atoms with van der Waals surface area (Å²) in [7, 11) is 0. The van der Waals surface area contributed by atoms with E-state index in [1.54, 1.807) is 67.5 Å². The minimum atomic E-state index is -0.507. The van der Waals surface area contributed by atoms with Gasteiger partial charge in [-0.1, -0.05) is 6.07 Å². The van der Waals surface area contributed by atoms with Crippen LogP contribution in [0.2, 0.25) is 0 Å². The van der Waals surface area contributed by atoms with Gasteiger partial charge in [-0.25, -0.2) is 18.3 Å². The molecule has 1 N–H and O–H groups in total. The van der Waals surface area contributed by atoms with Crippen LogP contribution < -0.4 is 11.0 Å². The van der Waals surface area contributed by atoms with Crippen molar-refractivity contribution in [2.75, 3.05) is 0 Å². The van der Waals surface area contributed by atoms with Crippen molar-refractivity contribution in [3.05, 3.63) is 99.6 Å². The fraction of sp³-hybridized carbons (Fsp3) is 0.276. The topological polar surface area (TPSA) is 69.7 Å². The number of hydrogen-bond acceptors (Lipinski definition) is 4. The molecule has 1 fully saturated rings. The summed E-state index contributed by atoms with van der Waals surface area (Å²) in [6.45, 7) is 3.45. The third kappa shape index (κ3) is 3.38. The Morgan fingerprint density at radius 1 is 1.00 bits per heavy atom. The first-order chi connectivity index (χ1) is 18.4. The van der Waals surface area contributed by atoms with Crippen molar-refractivity contribution in [1.29, 1.82) is 0 Å². The third-order valence-corrected chi connectivity index (χ3v) is 7.91. The van der Waals surface area contributed by atoms with Gasteiger partial charge in [0, 0.05) is 54.2 Å². The Morgan fingerprint density at radius 3 is 2.61 bits per heavy atom. The standard InChI is InChI=1S/C29H26F2N6O/c1-16-12-20(13-17(2)26(16)30)37-28(25-22-5-3-4-19(33-22)14-23(25)34-37)36-11-10-35(29(36)38)24-7-6-18-8-9-32-15-21(18)27(24)31/h6-13,15,19,22,33H,3-5,14H2,1-2H3/t19-,22+/m1/s1. The predicted molar refractivity (Wildman–Crippen MR) is 140 cm³/mol. The van der Waals surface area contributed by atoms with Crippen molar-refractivity contribution >= 4 is 10.8 Å². The number of benzene rings is 2. The Labute approximate surface area is 217 Å². The van der Waals surface area contributed by atoms with Gasteiger partial charge >= 0.3 is 5.69 Å². The number of hydrogen-bond donors (Lipinski definition) is 1. The van der Waals surface area contributed by atoms with Crippen molar-refractivity contribution in [2.24, 2.45) is 0 Å². The van der Waals surface area contributed by atoms with Gasteiger partial charge in [0.2, 0.25) is 0 Å². The van der Waals surface area contributed by atoms with Crippen molar-refractivity contribution < 1.29 is 8.78 Å². The van der Waals surface area contributed by atoms with Crippen LogP contribution in [0.15, 0.2) is 59.9 Å². The quantitative estimate of drug-likeness (QED) is 0.370. The number of aryl methyl sites for hydroxylation is 2. The smallest absolute Gasteiger partial charge is 0.307 e. The molecule has 38 heavy (non-hydrogen) atoms. The first-order valence-electron chi connectivity index (χ1n) is 12.9. The van der Waals surface area contributed by atoms with Crippen molar-refractivity contribution in [3.63, 3.8) is 0 Å². The summed E-state index contributed by atoms with van der Waals surface area (Å²) in [6, 6.07) is 9.03. The number of aromatic nitrogens is 5. The number of nitrogens with zero attached hydrogens (tertiary/aromatic N) is 5. The lowest BCUT2D eigenvalue weighted by atomic mass is 9.85. The van der Waals surface area contributed by atoms with E-state index in [-0.39, 0.29) is 17.5 Å². The normalized spacial score (nSPS) is 18.6. The largest absolute Gasteiger partial charge is 0.338 e. The van der Waals surface area contributed by atoms with Crippen molar-refractivity contribution in [2.45, 2.75) is 51.6 Å². The number of fused-ring (bicyclic) bond motifs is 5. The Bertz CT molecular complexity index is 1780. The first kappa shape index (κ1) is 23.0. The molecule has 2 atom stereocenters. The number of pyridine rings is 1. The molecule has 0 amide bonds. The molecule has 5 heterocycles. The maximum absolute atomic E-state index is 15.5. The zero-order chi connectivity index (χ0) is 26.1. The molecule has 2 aliphatic rings. The molecule has 2 aromatic carbocycles. The zero-order valence-electron chi connectivity index (χ0n) is 21.1. The maximum atomic E-state index is 15.5. The highest BCUT2D eigenvalue weighted by atomic mass is 19.1. The number of rotatable bonds is 3. The van der Waals surface area contributed by atoms with Gasteiger partial charge in [-0.15, -0.1) is 0 Å². The van der Waals surface area contributed by atoms with Crippen LogP contribution >= 0.6 is 0 Å². The van der Waals surface area contributed by atoms with Crippen LogP contribution in [0, 0.1) is 25.5 Å². The van der Waals surface area contributed by atoms with Crippen LogP contribution in [0.25, 0.3) is 28.0 Å². The monoisotopic (exact) mass is 512 g/mol. The van der Waals surface area contributed by atoms with E-state index in [0.29, 0.717) is 39.4 Å². The van der Waals surface area contributed by atoms with E-state index in [1.807, 2.05) is 0 Å². The minimum Gasteiger partial charge on any atom is -0.307 e. The lowest BCUT2D eigenvalue weighted by molar-refractivity contribution is 0.300. The van der Waals surface area contributed by atoms with Crippen LogP contribution in [0.4, 0.5) is 8.78 Å². The fourth-order valence-corrected chi connectivity index (χ4v) is 6.09. The van der Waals surface area contributed by atoms with E-state index in [0.717, 1.165) is 36.9 Å². The molecule has 3 aromatic heterocycles. The van der Waals surface area contributed by atoms with Gasteiger partial charge in [0.15, 0.2) is 5.82 Å². The molecule has 0 unspecified atom stereocenters. The molecule has 0 spiro atoms. The van der Waals surface area contributed by atoms with Crippen LogP contribution in [-0.4, -0.2) is 29.9 Å². The first-order valence-corrected chi connectivity index (χ1v) is 12.9. The van der Waals surface area contributed by atoms with Gasteiger partial charge in [0.1, 0.15) is 11.6 Å². The van der Waals surface area contributed by atoms with E-state index < -0.39 is 11.5 Å². The van der Waals surface area contributed by atoms with Crippen LogP contribution in [0.5, 0.6) is 0 Å². The predicted octanol–water partition coefficient (Wildman–Crippen LogP) is 5.00. The van der Waals surface area contributed by atoms with E-state index in [2.05, 4.69) is 10.3 Å². The second kappa shape index (κ2) is 8.46. The average molecular weight is 513 g/mol. The summed E-state index contributed by atoms with van der Waals surface area (Å²) < 4.78 is 34.6. The molecule has 1 saturated heterocycles. The number of nitrogens with one attached hydrogen (secondary N) is 1. The summed E-state index contributed by atoms with van der Waals surface area (Å²) in [6.07, 6.45) is 10.2. The maximum Gasteiger partial charge on any atom is 0.338 e. The lowest BCUT2D eigenvalue weighted by Crippen LogP contribution is -2.43. The Hall–Kier alpha value is -4.11. The Morgan fingerprint density at radius 2 is 1.79 bits per heavy atom. The van der Waals surface area contributed by atoms with Crippen molar-refractivity contribution in [3.8, 4) is 17.2 Å². The van der Waals surface area contributed by atoms with Crippen LogP contribution in [0.3, 0.4) is 0 Å². The third-order valence-electron chi connectivity index (χ3n) is 7.91. The van der Waals surface area contributed by atoms with Gasteiger partial charge in [0.25, 0.3) is 0 Å². The highest BCUT2D eigenvalue weighted by molar-refractivity contribution is 5.84. The molecular formula is C29H26F2N6O. The van der Waals surface area contributed by atoms with Gasteiger partial charge in [-0.05, 0) is 73.9 Å². The zero-order valence-corrected chi connectivity index (χ0v) is 21.1. The molecule has 5 aromatic rings. The molecule has 2 aliphatic heterocycles. The molecule has 0 saturated carbocycles. The van der Waals surface area contributed by atoms with E-state index in [1.165, 1.54) is 15.3 Å². The van der Waals surface area contributed by atoms with E-state index in [4.69, 9.17) is 5.10 Å². The van der Waals surface area contributed by atoms with Crippen molar-refractivity contribution in [1.82, 2.24) is 29.2 Å². The summed E-state index contributed by atoms with van der Waals surface area (Å²) >= 11 is 0. The molecule has 2 bridgehead atoms. The molecule has 192 valence electrons. The van der Waals surface area contributed by atoms with Crippen LogP contribution in [-0.2, 0) is 6.42 Å². The molecule has 0 radical (unpaired) electrons. The van der Waals surface area contributed by atoms with Gasteiger partial charge in [0.05, 0.1) is 17.1 Å². The van der Waals surface area contributed by atoms with Gasteiger partial charge < -0.3 is 5.32 Å². The van der Waals surface area contributed by atoms with Gasteiger partial charge in [-0.3, -0.25) is 14.1 Å². The summed E-state index contributed by atoms with van der Waals surface area (Å²) in [5, 5.41) is 9.73. The molecule has 7 nitrogen and oxygen atoms in total. The van der Waals surface area contributed by atoms with E-state index in [9.17, 15) is 9.18 Å². The summed E-state index contributed by atoms with van der Waals surface area (Å²) in [5.41, 5.74) is 3.35. The number of piperidine rings is 1. The lowest BCUT2D eigenvalue weighted by Gasteiger charge is -2.35. The molecular weight excluding hydrogens is 486 g/mol. The number of imidazole rings is 1. The number of halogens is 2. The van der Waals surface area contributed by atoms with Gasteiger partial charge in [-0.2, -0.15) is 5.10 Å². The molecule has 9 heteroatoms. The second-order valence-corrected chi connectivity index (χ2v) is 10.4. The highest BCUT2D eigenvalue weighted by Crippen LogP contribution is 2.38. The Kier molecular flexibility index (Phi) is 5.13. The van der Waals surface area contributed by atoms with E-state index >= 15 is 4.39 Å². The SMILES string of the molecule is Cc1cc(-n2nc3c(c2-n2ccn(-c4ccc5ccncc5c4F)c2=O)[C@@H]2CCC[C@H](C3)N2)cc(C)c1F. The Balaban J connectivity index is 1.46. The minimum absolute atomic E-state index is 0.0580. The average Bonchev–Trinajstić information content (AvgIpc) is 3.47. The summed E-state index contributed by atoms with van der Waals surface area (Å²) in [5.74, 6) is -0.156. The molecule has 7 rings (SSSR count). The second-order valence-electron chi connectivity index (χ2n) is 10.4. The van der Waals surface area contributed by atoms with Crippen LogP contribution in [0.1, 0.15) is 47.7 Å². The fourth-order valence-electron chi connectivity index (χ4n) is 6.09.